The fourth-order valence-electron chi connectivity index (χ4n) is 5.92. The summed E-state index contributed by atoms with van der Waals surface area (Å²) in [4.78, 5) is 30.5. The van der Waals surface area contributed by atoms with Crippen molar-refractivity contribution in [1.29, 1.82) is 0 Å². The van der Waals surface area contributed by atoms with Gasteiger partial charge in [-0.1, -0.05) is 0 Å². The zero-order valence-corrected chi connectivity index (χ0v) is 15.1. The van der Waals surface area contributed by atoms with Crippen LogP contribution < -0.4 is 15.5 Å². The maximum absolute atomic E-state index is 12.7. The summed E-state index contributed by atoms with van der Waals surface area (Å²) in [6.45, 7) is 1.30. The predicted octanol–water partition coefficient (Wildman–Crippen LogP) is 2.30. The molecule has 1 saturated heterocycles. The minimum absolute atomic E-state index is 0.0551. The van der Waals surface area contributed by atoms with Crippen LogP contribution in [-0.2, 0) is 11.2 Å². The number of carbonyl (C=O) groups is 2. The summed E-state index contributed by atoms with van der Waals surface area (Å²) >= 11 is 1.44. The van der Waals surface area contributed by atoms with Gasteiger partial charge in [0, 0.05) is 24.0 Å². The largest absolute Gasteiger partial charge is 0.350 e. The first-order valence-electron chi connectivity index (χ1n) is 9.39. The van der Waals surface area contributed by atoms with Gasteiger partial charge in [0.05, 0.1) is 12.1 Å². The average Bonchev–Trinajstić information content (AvgIpc) is 3.13. The molecule has 5 fully saturated rings. The molecule has 25 heavy (non-hydrogen) atoms. The number of thiazole rings is 1. The molecular weight excluding hydrogens is 336 g/mol. The number of nitrogens with one attached hydrogen (secondary N) is 2. The molecule has 1 aromatic heterocycles. The first-order valence-corrected chi connectivity index (χ1v) is 10.3. The molecule has 6 rings (SSSR count). The molecule has 0 spiro atoms. The van der Waals surface area contributed by atoms with Crippen LogP contribution in [0.4, 0.5) is 9.93 Å². The quantitative estimate of drug-likeness (QED) is 0.865. The van der Waals surface area contributed by atoms with E-state index in [-0.39, 0.29) is 17.5 Å². The number of amides is 3. The van der Waals surface area contributed by atoms with E-state index in [1.54, 1.807) is 4.90 Å². The molecule has 0 aromatic carbocycles. The van der Waals surface area contributed by atoms with Crippen molar-refractivity contribution in [2.75, 3.05) is 18.0 Å². The van der Waals surface area contributed by atoms with Gasteiger partial charge in [-0.15, -0.1) is 11.3 Å². The van der Waals surface area contributed by atoms with Gasteiger partial charge in [0.1, 0.15) is 0 Å². The lowest BCUT2D eigenvalue weighted by molar-refractivity contribution is -0.126. The third-order valence-electron chi connectivity index (χ3n) is 6.41. The number of hydrogen-bond acceptors (Lipinski definition) is 4. The van der Waals surface area contributed by atoms with Crippen LogP contribution in [0, 0.1) is 17.8 Å². The summed E-state index contributed by atoms with van der Waals surface area (Å²) in [6.07, 6.45) is 7.95. The Bertz CT molecular complexity index is 680. The number of rotatable bonds is 4. The van der Waals surface area contributed by atoms with E-state index in [1.165, 1.54) is 49.9 Å². The Morgan fingerprint density at radius 2 is 1.96 bits per heavy atom. The summed E-state index contributed by atoms with van der Waals surface area (Å²) in [5.41, 5.74) is 0.821. The number of urea groups is 1. The zero-order chi connectivity index (χ0) is 17.0. The second kappa shape index (κ2) is 5.69. The number of carbonyl (C=O) groups excluding carboxylic acids is 2. The monoisotopic (exact) mass is 360 g/mol. The second-order valence-electron chi connectivity index (χ2n) is 8.43. The molecule has 5 aliphatic rings. The van der Waals surface area contributed by atoms with Crippen LogP contribution in [0.5, 0.6) is 0 Å². The fraction of sp³-hybridized carbons (Fsp3) is 0.722. The highest BCUT2D eigenvalue weighted by atomic mass is 32.1. The van der Waals surface area contributed by atoms with Crippen molar-refractivity contribution in [2.24, 2.45) is 17.8 Å². The number of anilines is 1. The minimum Gasteiger partial charge on any atom is -0.350 e. The SMILES string of the molecule is O=C(Cc1csc(N2CCNC2=O)n1)NC12CC3CC(CC(C3)C1)C2. The molecular formula is C18H24N4O2S. The highest BCUT2D eigenvalue weighted by Crippen LogP contribution is 2.55. The first kappa shape index (κ1) is 15.6. The molecule has 2 heterocycles. The molecule has 2 N–H and O–H groups in total. The van der Waals surface area contributed by atoms with Crippen LogP contribution in [-0.4, -0.2) is 35.6 Å². The lowest BCUT2D eigenvalue weighted by atomic mass is 9.53. The Kier molecular flexibility index (Phi) is 3.55. The average molecular weight is 360 g/mol. The Balaban J connectivity index is 1.24. The van der Waals surface area contributed by atoms with E-state index in [4.69, 9.17) is 0 Å². The number of nitrogens with zero attached hydrogens (tertiary/aromatic N) is 2. The van der Waals surface area contributed by atoms with E-state index >= 15 is 0 Å². The Hall–Kier alpha value is -1.63. The van der Waals surface area contributed by atoms with Gasteiger partial charge in [-0.05, 0) is 56.3 Å². The van der Waals surface area contributed by atoms with Crippen molar-refractivity contribution in [2.45, 2.75) is 50.5 Å². The molecule has 0 radical (unpaired) electrons. The van der Waals surface area contributed by atoms with Gasteiger partial charge in [0.2, 0.25) is 5.91 Å². The summed E-state index contributed by atoms with van der Waals surface area (Å²) in [5.74, 6) is 2.56. The van der Waals surface area contributed by atoms with Crippen LogP contribution in [0.3, 0.4) is 0 Å². The van der Waals surface area contributed by atoms with E-state index in [0.29, 0.717) is 24.6 Å². The van der Waals surface area contributed by atoms with Crippen molar-refractivity contribution in [3.05, 3.63) is 11.1 Å². The van der Waals surface area contributed by atoms with Crippen LogP contribution in [0.15, 0.2) is 5.38 Å². The topological polar surface area (TPSA) is 74.3 Å². The summed E-state index contributed by atoms with van der Waals surface area (Å²) in [6, 6.07) is -0.0982. The van der Waals surface area contributed by atoms with E-state index in [9.17, 15) is 9.59 Å². The Labute approximate surface area is 151 Å². The molecule has 6 nitrogen and oxygen atoms in total. The molecule has 1 aromatic rings. The second-order valence-corrected chi connectivity index (χ2v) is 9.26. The van der Waals surface area contributed by atoms with Crippen molar-refractivity contribution < 1.29 is 9.59 Å². The summed E-state index contributed by atoms with van der Waals surface area (Å²) in [5, 5.41) is 8.76. The molecule has 4 aliphatic carbocycles. The molecule has 134 valence electrons. The van der Waals surface area contributed by atoms with E-state index in [0.717, 1.165) is 23.4 Å². The Morgan fingerprint density at radius 3 is 2.56 bits per heavy atom. The summed E-state index contributed by atoms with van der Waals surface area (Å²) < 4.78 is 0. The van der Waals surface area contributed by atoms with Gasteiger partial charge in [-0.25, -0.2) is 9.78 Å². The molecule has 1 aliphatic heterocycles. The smallest absolute Gasteiger partial charge is 0.323 e. The highest BCUT2D eigenvalue weighted by Gasteiger charge is 2.51. The van der Waals surface area contributed by atoms with E-state index in [2.05, 4.69) is 15.6 Å². The zero-order valence-electron chi connectivity index (χ0n) is 14.3. The van der Waals surface area contributed by atoms with Crippen LogP contribution in [0.2, 0.25) is 0 Å². The van der Waals surface area contributed by atoms with Crippen molar-refractivity contribution in [3.8, 4) is 0 Å². The normalized spacial score (nSPS) is 35.9. The first-order chi connectivity index (χ1) is 12.1. The lowest BCUT2D eigenvalue weighted by Gasteiger charge is -2.56. The molecule has 3 amide bonds. The standard InChI is InChI=1S/C18H24N4O2S/c23-15(6-14-10-25-17(20-14)22-2-1-19-16(22)24)21-18-7-11-3-12(8-18)5-13(4-11)9-18/h10-13H,1-9H2,(H,19,24)(H,21,23). The van der Waals surface area contributed by atoms with E-state index in [1.807, 2.05) is 5.38 Å². The molecule has 4 bridgehead atoms. The highest BCUT2D eigenvalue weighted by molar-refractivity contribution is 7.14. The lowest BCUT2D eigenvalue weighted by Crippen LogP contribution is -2.60. The number of hydrogen-bond donors (Lipinski definition) is 2. The fourth-order valence-corrected chi connectivity index (χ4v) is 6.77. The van der Waals surface area contributed by atoms with Gasteiger partial charge in [0.25, 0.3) is 0 Å². The van der Waals surface area contributed by atoms with Gasteiger partial charge >= 0.3 is 6.03 Å². The molecule has 4 saturated carbocycles. The van der Waals surface area contributed by atoms with Crippen molar-refractivity contribution in [1.82, 2.24) is 15.6 Å². The van der Waals surface area contributed by atoms with Crippen LogP contribution in [0.1, 0.15) is 44.2 Å². The van der Waals surface area contributed by atoms with Crippen molar-refractivity contribution in [3.63, 3.8) is 0 Å². The minimum atomic E-state index is -0.0982. The van der Waals surface area contributed by atoms with Gasteiger partial charge < -0.3 is 10.6 Å². The van der Waals surface area contributed by atoms with Gasteiger partial charge in [0.15, 0.2) is 5.13 Å². The maximum atomic E-state index is 12.7. The third kappa shape index (κ3) is 2.82. The summed E-state index contributed by atoms with van der Waals surface area (Å²) in [7, 11) is 0. The molecule has 0 atom stereocenters. The third-order valence-corrected chi connectivity index (χ3v) is 7.32. The van der Waals surface area contributed by atoms with Gasteiger partial charge in [-0.3, -0.25) is 9.69 Å². The van der Waals surface area contributed by atoms with Crippen LogP contribution in [0.25, 0.3) is 0 Å². The van der Waals surface area contributed by atoms with Crippen molar-refractivity contribution >= 4 is 28.4 Å². The molecule has 0 unspecified atom stereocenters. The van der Waals surface area contributed by atoms with E-state index < -0.39 is 0 Å². The van der Waals surface area contributed by atoms with Gasteiger partial charge in [-0.2, -0.15) is 0 Å². The Morgan fingerprint density at radius 1 is 1.28 bits per heavy atom. The van der Waals surface area contributed by atoms with Crippen LogP contribution >= 0.6 is 11.3 Å². The molecule has 7 heteroatoms. The predicted molar refractivity (Wildman–Crippen MR) is 95.6 cm³/mol. The maximum Gasteiger partial charge on any atom is 0.323 e. The number of aromatic nitrogens is 1.